The molecule has 0 aliphatic rings. The summed E-state index contributed by atoms with van der Waals surface area (Å²) in [5.74, 6) is 0. The Bertz CT molecular complexity index is 306. The summed E-state index contributed by atoms with van der Waals surface area (Å²) in [5, 5.41) is -0.470. The maximum Gasteiger partial charge on any atom is 0.418 e. The van der Waals surface area contributed by atoms with Gasteiger partial charge in [-0.15, -0.1) is 0 Å². The van der Waals surface area contributed by atoms with Gasteiger partial charge in [0, 0.05) is 0 Å². The number of hydrogen-bond donors (Lipinski definition) is 0. The third kappa shape index (κ3) is 2.12. The van der Waals surface area contributed by atoms with Crippen molar-refractivity contribution in [2.75, 3.05) is 0 Å². The normalized spacial score (nSPS) is 11.8. The summed E-state index contributed by atoms with van der Waals surface area (Å²) in [7, 11) is 0. The largest absolute Gasteiger partial charge is 0.418 e. The lowest BCUT2D eigenvalue weighted by Crippen LogP contribution is -2.09. The molecule has 0 saturated carbocycles. The molecular weight excluding hydrogens is 208 g/mol. The highest BCUT2D eigenvalue weighted by Crippen LogP contribution is 2.37. The molecule has 0 atom stereocenters. The van der Waals surface area contributed by atoms with Gasteiger partial charge >= 0.3 is 6.18 Å². The first-order chi connectivity index (χ1) is 5.96. The number of alkyl halides is 4. The minimum absolute atomic E-state index is 0.431. The van der Waals surface area contributed by atoms with E-state index in [0.29, 0.717) is 0 Å². The average molecular weight is 213 g/mol. The Morgan fingerprint density at radius 2 is 1.85 bits per heavy atom. The van der Waals surface area contributed by atoms with Crippen molar-refractivity contribution in [2.24, 2.45) is 0 Å². The lowest BCUT2D eigenvalue weighted by Gasteiger charge is -2.11. The van der Waals surface area contributed by atoms with Crippen molar-refractivity contribution in [1.82, 2.24) is 0 Å². The van der Waals surface area contributed by atoms with E-state index in [1.165, 1.54) is 6.07 Å². The highest BCUT2D eigenvalue weighted by atomic mass is 35.5. The molecule has 1 rings (SSSR count). The van der Waals surface area contributed by atoms with Crippen LogP contribution >= 0.6 is 11.6 Å². The van der Waals surface area contributed by atoms with Gasteiger partial charge in [-0.1, -0.05) is 23.7 Å². The van der Waals surface area contributed by atoms with Crippen LogP contribution in [0.3, 0.4) is 0 Å². The molecule has 0 heterocycles. The molecule has 0 saturated heterocycles. The zero-order valence-corrected chi connectivity index (χ0v) is 7.08. The Balaban J connectivity index is 3.32. The SMILES string of the molecule is FCc1cccc(Cl)c1C(F)(F)F. The fourth-order valence-corrected chi connectivity index (χ4v) is 1.30. The van der Waals surface area contributed by atoms with Crippen LogP contribution in [0.1, 0.15) is 11.1 Å². The number of benzene rings is 1. The van der Waals surface area contributed by atoms with Crippen molar-refractivity contribution >= 4 is 11.6 Å². The van der Waals surface area contributed by atoms with Gasteiger partial charge in [-0.3, -0.25) is 0 Å². The summed E-state index contributed by atoms with van der Waals surface area (Å²) in [4.78, 5) is 0. The topological polar surface area (TPSA) is 0 Å². The van der Waals surface area contributed by atoms with E-state index in [1.54, 1.807) is 0 Å². The summed E-state index contributed by atoms with van der Waals surface area (Å²) in [6, 6.07) is 3.44. The lowest BCUT2D eigenvalue weighted by molar-refractivity contribution is -0.138. The second-order valence-electron chi connectivity index (χ2n) is 2.41. The van der Waals surface area contributed by atoms with Gasteiger partial charge in [0.25, 0.3) is 0 Å². The summed E-state index contributed by atoms with van der Waals surface area (Å²) in [5.41, 5.74) is -1.51. The van der Waals surface area contributed by atoms with E-state index in [9.17, 15) is 17.6 Å². The van der Waals surface area contributed by atoms with Crippen LogP contribution in [0.25, 0.3) is 0 Å². The standard InChI is InChI=1S/C8H5ClF4/c9-6-3-1-2-5(4-10)7(6)8(11,12)13/h1-3H,4H2. The van der Waals surface area contributed by atoms with Gasteiger partial charge in [-0.05, 0) is 11.6 Å². The van der Waals surface area contributed by atoms with Crippen LogP contribution in [-0.2, 0) is 12.9 Å². The van der Waals surface area contributed by atoms with Gasteiger partial charge in [0.1, 0.15) is 6.67 Å². The second kappa shape index (κ2) is 3.54. The second-order valence-corrected chi connectivity index (χ2v) is 2.81. The molecule has 0 unspecified atom stereocenters. The molecule has 0 spiro atoms. The Morgan fingerprint density at radius 1 is 1.23 bits per heavy atom. The molecular formula is C8H5ClF4. The molecule has 1 aromatic rings. The fraction of sp³-hybridized carbons (Fsp3) is 0.250. The van der Waals surface area contributed by atoms with Crippen LogP contribution in [-0.4, -0.2) is 0 Å². The Morgan fingerprint density at radius 3 is 2.23 bits per heavy atom. The van der Waals surface area contributed by atoms with Gasteiger partial charge in [0.05, 0.1) is 10.6 Å². The molecule has 72 valence electrons. The molecule has 0 aliphatic heterocycles. The van der Waals surface area contributed by atoms with E-state index in [-0.39, 0.29) is 0 Å². The Hall–Kier alpha value is -0.770. The first-order valence-electron chi connectivity index (χ1n) is 3.37. The monoisotopic (exact) mass is 212 g/mol. The molecule has 0 radical (unpaired) electrons. The fourth-order valence-electron chi connectivity index (χ4n) is 0.998. The molecule has 0 fully saturated rings. The van der Waals surface area contributed by atoms with Crippen LogP contribution in [0.4, 0.5) is 17.6 Å². The van der Waals surface area contributed by atoms with E-state index in [2.05, 4.69) is 0 Å². The predicted molar refractivity (Wildman–Crippen MR) is 41.3 cm³/mol. The molecule has 0 aliphatic carbocycles. The number of rotatable bonds is 1. The molecule has 0 nitrogen and oxygen atoms in total. The molecule has 0 aromatic heterocycles. The van der Waals surface area contributed by atoms with E-state index in [1.807, 2.05) is 0 Å². The van der Waals surface area contributed by atoms with E-state index in [0.717, 1.165) is 12.1 Å². The van der Waals surface area contributed by atoms with Crippen molar-refractivity contribution in [3.8, 4) is 0 Å². The van der Waals surface area contributed by atoms with Crippen molar-refractivity contribution in [3.63, 3.8) is 0 Å². The highest BCUT2D eigenvalue weighted by molar-refractivity contribution is 6.31. The van der Waals surface area contributed by atoms with Crippen molar-refractivity contribution < 1.29 is 17.6 Å². The summed E-state index contributed by atoms with van der Waals surface area (Å²) in [6.07, 6.45) is -4.60. The maximum atomic E-state index is 12.2. The third-order valence-electron chi connectivity index (χ3n) is 1.53. The summed E-state index contributed by atoms with van der Waals surface area (Å²) < 4.78 is 48.9. The minimum Gasteiger partial charge on any atom is -0.246 e. The first-order valence-corrected chi connectivity index (χ1v) is 3.75. The molecule has 13 heavy (non-hydrogen) atoms. The van der Waals surface area contributed by atoms with Gasteiger partial charge in [-0.25, -0.2) is 4.39 Å². The van der Waals surface area contributed by atoms with Crippen LogP contribution in [0.2, 0.25) is 5.02 Å². The molecule has 0 N–H and O–H groups in total. The summed E-state index contributed by atoms with van der Waals surface area (Å²) >= 11 is 5.31. The van der Waals surface area contributed by atoms with Gasteiger partial charge in [0.15, 0.2) is 0 Å². The molecule has 5 heteroatoms. The molecule has 0 amide bonds. The van der Waals surface area contributed by atoms with Crippen LogP contribution in [0.5, 0.6) is 0 Å². The van der Waals surface area contributed by atoms with Crippen LogP contribution in [0.15, 0.2) is 18.2 Å². The zero-order chi connectivity index (χ0) is 10.1. The van der Waals surface area contributed by atoms with Crippen molar-refractivity contribution in [3.05, 3.63) is 34.3 Å². The van der Waals surface area contributed by atoms with E-state index >= 15 is 0 Å². The summed E-state index contributed by atoms with van der Waals surface area (Å²) in [6.45, 7) is -1.17. The number of halogens is 5. The van der Waals surface area contributed by atoms with E-state index < -0.39 is 29.0 Å². The molecule has 0 bridgehead atoms. The average Bonchev–Trinajstić information content (AvgIpc) is 2.01. The van der Waals surface area contributed by atoms with E-state index in [4.69, 9.17) is 11.6 Å². The third-order valence-corrected chi connectivity index (χ3v) is 1.84. The molecule has 1 aromatic carbocycles. The highest BCUT2D eigenvalue weighted by Gasteiger charge is 2.35. The lowest BCUT2D eigenvalue weighted by atomic mass is 10.1. The minimum atomic E-state index is -4.60. The van der Waals surface area contributed by atoms with Crippen LogP contribution in [0, 0.1) is 0 Å². The van der Waals surface area contributed by atoms with Gasteiger partial charge in [0.2, 0.25) is 0 Å². The Kier molecular flexibility index (Phi) is 2.81. The quantitative estimate of drug-likeness (QED) is 0.621. The maximum absolute atomic E-state index is 12.2. The van der Waals surface area contributed by atoms with Gasteiger partial charge in [-0.2, -0.15) is 13.2 Å². The predicted octanol–water partition coefficient (Wildman–Crippen LogP) is 3.83. The smallest absolute Gasteiger partial charge is 0.246 e. The Labute approximate surface area is 77.1 Å². The van der Waals surface area contributed by atoms with Crippen LogP contribution < -0.4 is 0 Å². The van der Waals surface area contributed by atoms with Crippen molar-refractivity contribution in [1.29, 1.82) is 0 Å². The zero-order valence-electron chi connectivity index (χ0n) is 6.33. The van der Waals surface area contributed by atoms with Crippen molar-refractivity contribution in [2.45, 2.75) is 12.9 Å². The van der Waals surface area contributed by atoms with Gasteiger partial charge < -0.3 is 0 Å². The first kappa shape index (κ1) is 10.3. The number of hydrogen-bond acceptors (Lipinski definition) is 0.